The fourth-order valence-electron chi connectivity index (χ4n) is 4.24. The fourth-order valence-corrected chi connectivity index (χ4v) is 4.51. The van der Waals surface area contributed by atoms with E-state index < -0.39 is 42.2 Å². The lowest BCUT2D eigenvalue weighted by molar-refractivity contribution is -0.141. The molecule has 2 rings (SSSR count). The van der Waals surface area contributed by atoms with Gasteiger partial charge in [0.05, 0.1) is 17.3 Å². The van der Waals surface area contributed by atoms with E-state index in [0.717, 1.165) is 29.5 Å². The number of carbonyl (C=O) groups excluding carboxylic acids is 3. The van der Waals surface area contributed by atoms with E-state index in [-0.39, 0.29) is 6.54 Å². The summed E-state index contributed by atoms with van der Waals surface area (Å²) in [7, 11) is 0. The number of rotatable bonds is 11. The van der Waals surface area contributed by atoms with Gasteiger partial charge in [0.15, 0.2) is 0 Å². The van der Waals surface area contributed by atoms with Crippen LogP contribution in [0.2, 0.25) is 5.02 Å². The zero-order valence-electron chi connectivity index (χ0n) is 24.1. The van der Waals surface area contributed by atoms with E-state index in [9.17, 15) is 19.5 Å². The molecule has 8 nitrogen and oxygen atoms in total. The average Bonchev–Trinajstić information content (AvgIpc) is 2.85. The molecular weight excluding hydrogens is 518 g/mol. The molecule has 0 aromatic heterocycles. The highest BCUT2D eigenvalue weighted by Gasteiger charge is 2.37. The van der Waals surface area contributed by atoms with Crippen LogP contribution in [0.3, 0.4) is 0 Å². The van der Waals surface area contributed by atoms with E-state index in [1.54, 1.807) is 32.9 Å². The number of aliphatic hydroxyl groups excluding tert-OH is 1. The largest absolute Gasteiger partial charge is 0.444 e. The Balaban J connectivity index is 2.58. The molecule has 0 fully saturated rings. The topological polar surface area (TPSA) is 108 Å². The van der Waals surface area contributed by atoms with Crippen molar-refractivity contribution in [2.24, 2.45) is 0 Å². The maximum Gasteiger partial charge on any atom is 0.408 e. The van der Waals surface area contributed by atoms with Gasteiger partial charge < -0.3 is 25.4 Å². The standard InChI is InChI=1S/C30H42ClN3O5/c1-8-9-10-17-34(28(37)24(18-35)32-29(38)39-30(5,6)7)26(22-15-11-13-19(2)21(22)4)27(36)33-25-20(3)14-12-16-23(25)31/h11-16,24,26,35H,8-10,17-18H2,1-7H3,(H,32,38)(H,33,36). The summed E-state index contributed by atoms with van der Waals surface area (Å²) >= 11 is 6.42. The SMILES string of the molecule is CCCCCN(C(=O)C(CO)NC(=O)OC(C)(C)C)C(C(=O)Nc1c(C)cccc1Cl)c1cccc(C)c1C. The third-order valence-corrected chi connectivity index (χ3v) is 6.74. The molecule has 214 valence electrons. The number of para-hydroxylation sites is 1. The molecule has 39 heavy (non-hydrogen) atoms. The number of aliphatic hydroxyl groups is 1. The van der Waals surface area contributed by atoms with Crippen molar-refractivity contribution in [3.05, 3.63) is 63.7 Å². The van der Waals surface area contributed by atoms with Gasteiger partial charge in [0.25, 0.3) is 5.91 Å². The molecule has 0 saturated heterocycles. The quantitative estimate of drug-likeness (QED) is 0.299. The van der Waals surface area contributed by atoms with Gasteiger partial charge in [0.2, 0.25) is 5.91 Å². The molecule has 2 unspecified atom stereocenters. The summed E-state index contributed by atoms with van der Waals surface area (Å²) in [5.74, 6) is -1.03. The molecule has 0 aliphatic rings. The van der Waals surface area contributed by atoms with Crippen molar-refractivity contribution in [1.82, 2.24) is 10.2 Å². The lowest BCUT2D eigenvalue weighted by atomic mass is 9.94. The minimum atomic E-state index is -1.30. The highest BCUT2D eigenvalue weighted by atomic mass is 35.5. The van der Waals surface area contributed by atoms with E-state index in [1.807, 2.05) is 52.0 Å². The minimum Gasteiger partial charge on any atom is -0.444 e. The van der Waals surface area contributed by atoms with Crippen LogP contribution in [0.25, 0.3) is 0 Å². The van der Waals surface area contributed by atoms with Crippen LogP contribution >= 0.6 is 11.6 Å². The number of anilines is 1. The number of benzene rings is 2. The minimum absolute atomic E-state index is 0.242. The molecule has 0 spiro atoms. The number of aryl methyl sites for hydroxylation is 2. The van der Waals surface area contributed by atoms with Crippen LogP contribution < -0.4 is 10.6 Å². The number of nitrogens with zero attached hydrogens (tertiary/aromatic N) is 1. The van der Waals surface area contributed by atoms with Gasteiger partial charge >= 0.3 is 6.09 Å². The Hall–Kier alpha value is -3.10. The number of alkyl carbamates (subject to hydrolysis) is 1. The molecule has 0 saturated carbocycles. The van der Waals surface area contributed by atoms with E-state index in [4.69, 9.17) is 16.3 Å². The summed E-state index contributed by atoms with van der Waals surface area (Å²) < 4.78 is 5.31. The van der Waals surface area contributed by atoms with Gasteiger partial charge in [-0.05, 0) is 76.3 Å². The van der Waals surface area contributed by atoms with Gasteiger partial charge in [-0.15, -0.1) is 0 Å². The molecule has 0 aliphatic heterocycles. The van der Waals surface area contributed by atoms with E-state index in [2.05, 4.69) is 10.6 Å². The predicted molar refractivity (Wildman–Crippen MR) is 155 cm³/mol. The second-order valence-electron chi connectivity index (χ2n) is 10.7. The molecule has 2 aromatic carbocycles. The number of nitrogens with one attached hydrogen (secondary N) is 2. The Morgan fingerprint density at radius 1 is 1.03 bits per heavy atom. The molecule has 3 amide bonds. The summed E-state index contributed by atoms with van der Waals surface area (Å²) in [4.78, 5) is 41.9. The zero-order chi connectivity index (χ0) is 29.3. The summed E-state index contributed by atoms with van der Waals surface area (Å²) in [6, 6.07) is 8.58. The van der Waals surface area contributed by atoms with Gasteiger partial charge in [0.1, 0.15) is 17.7 Å². The van der Waals surface area contributed by atoms with Crippen LogP contribution in [0, 0.1) is 20.8 Å². The lowest BCUT2D eigenvalue weighted by Gasteiger charge is -2.35. The first-order valence-corrected chi connectivity index (χ1v) is 13.7. The Kier molecular flexibility index (Phi) is 11.8. The third kappa shape index (κ3) is 8.97. The van der Waals surface area contributed by atoms with Crippen molar-refractivity contribution >= 4 is 35.2 Å². The van der Waals surface area contributed by atoms with Crippen LogP contribution in [0.1, 0.15) is 75.3 Å². The maximum absolute atomic E-state index is 14.0. The number of unbranched alkanes of at least 4 members (excludes halogenated alkanes) is 2. The number of halogens is 1. The van der Waals surface area contributed by atoms with Crippen molar-refractivity contribution in [2.75, 3.05) is 18.5 Å². The Morgan fingerprint density at radius 3 is 2.26 bits per heavy atom. The summed E-state index contributed by atoms with van der Waals surface area (Å²) in [6.07, 6.45) is 1.54. The fraction of sp³-hybridized carbons (Fsp3) is 0.500. The van der Waals surface area contributed by atoms with Crippen molar-refractivity contribution in [3.8, 4) is 0 Å². The highest BCUT2D eigenvalue weighted by Crippen LogP contribution is 2.31. The number of ether oxygens (including phenoxy) is 1. The van der Waals surface area contributed by atoms with Crippen LogP contribution in [-0.4, -0.2) is 52.7 Å². The summed E-state index contributed by atoms with van der Waals surface area (Å²) in [5.41, 5.74) is 2.93. The van der Waals surface area contributed by atoms with Crippen LogP contribution in [-0.2, 0) is 14.3 Å². The van der Waals surface area contributed by atoms with Crippen molar-refractivity contribution < 1.29 is 24.2 Å². The normalized spacial score (nSPS) is 12.8. The number of amides is 3. The van der Waals surface area contributed by atoms with Gasteiger partial charge in [-0.2, -0.15) is 0 Å². The highest BCUT2D eigenvalue weighted by molar-refractivity contribution is 6.34. The first-order chi connectivity index (χ1) is 18.3. The second-order valence-corrected chi connectivity index (χ2v) is 11.1. The van der Waals surface area contributed by atoms with Crippen molar-refractivity contribution in [3.63, 3.8) is 0 Å². The first-order valence-electron chi connectivity index (χ1n) is 13.3. The Bertz CT molecular complexity index is 1140. The van der Waals surface area contributed by atoms with Gasteiger partial charge in [-0.1, -0.05) is 61.7 Å². The zero-order valence-corrected chi connectivity index (χ0v) is 24.8. The van der Waals surface area contributed by atoms with E-state index in [1.165, 1.54) is 4.90 Å². The average molecular weight is 560 g/mol. The van der Waals surface area contributed by atoms with Crippen LogP contribution in [0.5, 0.6) is 0 Å². The van der Waals surface area contributed by atoms with Gasteiger partial charge in [-0.3, -0.25) is 9.59 Å². The molecule has 0 radical (unpaired) electrons. The van der Waals surface area contributed by atoms with E-state index in [0.29, 0.717) is 22.7 Å². The lowest BCUT2D eigenvalue weighted by Crippen LogP contribution is -2.54. The summed E-state index contributed by atoms with van der Waals surface area (Å²) in [5, 5.41) is 15.9. The molecule has 9 heteroatoms. The third-order valence-electron chi connectivity index (χ3n) is 6.43. The molecule has 2 aromatic rings. The monoisotopic (exact) mass is 559 g/mol. The van der Waals surface area contributed by atoms with Crippen molar-refractivity contribution in [2.45, 2.75) is 85.4 Å². The molecule has 0 aliphatic carbocycles. The van der Waals surface area contributed by atoms with Crippen molar-refractivity contribution in [1.29, 1.82) is 0 Å². The number of hydrogen-bond donors (Lipinski definition) is 3. The molecule has 3 N–H and O–H groups in total. The second kappa shape index (κ2) is 14.3. The number of carbonyl (C=O) groups is 3. The van der Waals surface area contributed by atoms with E-state index >= 15 is 0 Å². The molecule has 2 atom stereocenters. The Morgan fingerprint density at radius 2 is 1.67 bits per heavy atom. The van der Waals surface area contributed by atoms with Crippen LogP contribution in [0.4, 0.5) is 10.5 Å². The van der Waals surface area contributed by atoms with Gasteiger partial charge in [0, 0.05) is 6.54 Å². The van der Waals surface area contributed by atoms with Crippen LogP contribution in [0.15, 0.2) is 36.4 Å². The van der Waals surface area contributed by atoms with Gasteiger partial charge in [-0.25, -0.2) is 4.79 Å². The number of hydrogen-bond acceptors (Lipinski definition) is 5. The Labute approximate surface area is 237 Å². The molecule has 0 bridgehead atoms. The summed E-state index contributed by atoms with van der Waals surface area (Å²) in [6.45, 7) is 12.4. The maximum atomic E-state index is 14.0. The molecule has 0 heterocycles. The molecular formula is C30H42ClN3O5. The predicted octanol–water partition coefficient (Wildman–Crippen LogP) is 5.85. The first kappa shape index (κ1) is 32.1. The smallest absolute Gasteiger partial charge is 0.408 e.